The van der Waals surface area contributed by atoms with Crippen LogP contribution in [0.5, 0.6) is 0 Å². The second kappa shape index (κ2) is 4.13. The van der Waals surface area contributed by atoms with E-state index in [0.29, 0.717) is 5.56 Å². The summed E-state index contributed by atoms with van der Waals surface area (Å²) < 4.78 is 1.53. The number of hydrogen-bond donors (Lipinski definition) is 2. The molecule has 1 aromatic heterocycles. The molecule has 0 bridgehead atoms. The third-order valence-corrected chi connectivity index (χ3v) is 2.09. The van der Waals surface area contributed by atoms with Crippen LogP contribution in [0.15, 0.2) is 6.20 Å². The van der Waals surface area contributed by atoms with Gasteiger partial charge in [0.05, 0.1) is 0 Å². The summed E-state index contributed by atoms with van der Waals surface area (Å²) in [5.74, 6) is 0.109. The number of aryl methyl sites for hydroxylation is 1. The number of rotatable bonds is 3. The lowest BCUT2D eigenvalue weighted by Gasteiger charge is -2.09. The molecule has 1 rings (SSSR count). The molecule has 0 aliphatic rings. The number of amides is 1. The Morgan fingerprint density at radius 1 is 1.79 bits per heavy atom. The van der Waals surface area contributed by atoms with Crippen molar-refractivity contribution in [3.8, 4) is 0 Å². The Hall–Kier alpha value is -1.52. The SMILES string of the molecule is CCC(C)NC(=O)c1cn(C)nc1N. The van der Waals surface area contributed by atoms with Crippen LogP contribution in [0.2, 0.25) is 0 Å². The van der Waals surface area contributed by atoms with Crippen molar-refractivity contribution in [1.82, 2.24) is 15.1 Å². The van der Waals surface area contributed by atoms with Gasteiger partial charge in [-0.1, -0.05) is 6.92 Å². The first-order chi connectivity index (χ1) is 6.54. The van der Waals surface area contributed by atoms with Crippen LogP contribution in [0.25, 0.3) is 0 Å². The van der Waals surface area contributed by atoms with Crippen LogP contribution >= 0.6 is 0 Å². The standard InChI is InChI=1S/C9H16N4O/c1-4-6(2)11-9(14)7-5-13(3)12-8(7)10/h5-6H,4H2,1-3H3,(H2,10,12)(H,11,14). The number of carbonyl (C=O) groups excluding carboxylic acids is 1. The van der Waals surface area contributed by atoms with Gasteiger partial charge in [0.1, 0.15) is 5.56 Å². The van der Waals surface area contributed by atoms with Crippen molar-refractivity contribution in [2.24, 2.45) is 7.05 Å². The Labute approximate surface area is 83.3 Å². The van der Waals surface area contributed by atoms with E-state index in [1.807, 2.05) is 13.8 Å². The molecule has 5 heteroatoms. The smallest absolute Gasteiger partial charge is 0.256 e. The van der Waals surface area contributed by atoms with Crippen molar-refractivity contribution in [2.45, 2.75) is 26.3 Å². The fraction of sp³-hybridized carbons (Fsp3) is 0.556. The summed E-state index contributed by atoms with van der Waals surface area (Å²) in [7, 11) is 1.73. The van der Waals surface area contributed by atoms with E-state index >= 15 is 0 Å². The summed E-state index contributed by atoms with van der Waals surface area (Å²) in [4.78, 5) is 11.6. The van der Waals surface area contributed by atoms with Gasteiger partial charge in [-0.2, -0.15) is 5.10 Å². The minimum atomic E-state index is -0.162. The molecular weight excluding hydrogens is 180 g/mol. The first-order valence-corrected chi connectivity index (χ1v) is 4.64. The zero-order valence-electron chi connectivity index (χ0n) is 8.74. The third kappa shape index (κ3) is 2.25. The van der Waals surface area contributed by atoms with Crippen LogP contribution in [0.4, 0.5) is 5.82 Å². The lowest BCUT2D eigenvalue weighted by molar-refractivity contribution is 0.0940. The Morgan fingerprint density at radius 2 is 2.43 bits per heavy atom. The number of carbonyl (C=O) groups is 1. The molecule has 0 aliphatic heterocycles. The summed E-state index contributed by atoms with van der Waals surface area (Å²) >= 11 is 0. The normalized spacial score (nSPS) is 12.5. The van der Waals surface area contributed by atoms with E-state index in [0.717, 1.165) is 6.42 Å². The lowest BCUT2D eigenvalue weighted by atomic mass is 10.2. The van der Waals surface area contributed by atoms with Gasteiger partial charge in [0.25, 0.3) is 5.91 Å². The van der Waals surface area contributed by atoms with Crippen molar-refractivity contribution >= 4 is 11.7 Å². The number of nitrogen functional groups attached to an aromatic ring is 1. The molecule has 1 aromatic rings. The van der Waals surface area contributed by atoms with Crippen molar-refractivity contribution in [3.63, 3.8) is 0 Å². The summed E-state index contributed by atoms with van der Waals surface area (Å²) in [5, 5.41) is 6.73. The molecule has 0 spiro atoms. The average Bonchev–Trinajstić information content (AvgIpc) is 2.45. The van der Waals surface area contributed by atoms with Crippen LogP contribution in [0.1, 0.15) is 30.6 Å². The number of anilines is 1. The highest BCUT2D eigenvalue weighted by molar-refractivity contribution is 5.98. The number of nitrogens with two attached hydrogens (primary N) is 1. The predicted molar refractivity (Wildman–Crippen MR) is 54.8 cm³/mol. The van der Waals surface area contributed by atoms with Gasteiger partial charge in [-0.15, -0.1) is 0 Å². The Kier molecular flexibility index (Phi) is 3.11. The van der Waals surface area contributed by atoms with Crippen LogP contribution < -0.4 is 11.1 Å². The largest absolute Gasteiger partial charge is 0.382 e. The summed E-state index contributed by atoms with van der Waals surface area (Å²) in [6, 6.07) is 0.155. The molecule has 3 N–H and O–H groups in total. The van der Waals surface area contributed by atoms with Gasteiger partial charge in [-0.05, 0) is 13.3 Å². The van der Waals surface area contributed by atoms with Crippen molar-refractivity contribution in [1.29, 1.82) is 0 Å². The molecule has 0 saturated heterocycles. The van der Waals surface area contributed by atoms with E-state index in [9.17, 15) is 4.79 Å². The number of aromatic nitrogens is 2. The molecule has 78 valence electrons. The van der Waals surface area contributed by atoms with Crippen molar-refractivity contribution < 1.29 is 4.79 Å². The maximum Gasteiger partial charge on any atom is 0.256 e. The minimum Gasteiger partial charge on any atom is -0.382 e. The maximum atomic E-state index is 11.6. The summed E-state index contributed by atoms with van der Waals surface area (Å²) in [5.41, 5.74) is 6.00. The number of nitrogens with zero attached hydrogens (tertiary/aromatic N) is 2. The van der Waals surface area contributed by atoms with Gasteiger partial charge in [0.2, 0.25) is 0 Å². The van der Waals surface area contributed by atoms with E-state index in [2.05, 4.69) is 10.4 Å². The Bertz CT molecular complexity index is 332. The monoisotopic (exact) mass is 196 g/mol. The predicted octanol–water partition coefficient (Wildman–Crippen LogP) is 0.531. The quantitative estimate of drug-likeness (QED) is 0.740. The zero-order valence-corrected chi connectivity index (χ0v) is 8.74. The maximum absolute atomic E-state index is 11.6. The molecule has 0 saturated carbocycles. The van der Waals surface area contributed by atoms with Crippen LogP contribution in [-0.4, -0.2) is 21.7 Å². The first kappa shape index (κ1) is 10.6. The molecule has 1 amide bonds. The molecule has 0 aliphatic carbocycles. The molecule has 1 heterocycles. The molecule has 1 unspecified atom stereocenters. The van der Waals surface area contributed by atoms with Gasteiger partial charge >= 0.3 is 0 Å². The van der Waals surface area contributed by atoms with E-state index in [-0.39, 0.29) is 17.8 Å². The van der Waals surface area contributed by atoms with E-state index < -0.39 is 0 Å². The van der Waals surface area contributed by atoms with E-state index in [1.165, 1.54) is 4.68 Å². The fourth-order valence-corrected chi connectivity index (χ4v) is 1.08. The van der Waals surface area contributed by atoms with Crippen LogP contribution in [0.3, 0.4) is 0 Å². The summed E-state index contributed by atoms with van der Waals surface area (Å²) in [6.45, 7) is 3.96. The average molecular weight is 196 g/mol. The molecule has 14 heavy (non-hydrogen) atoms. The van der Waals surface area contributed by atoms with E-state index in [1.54, 1.807) is 13.2 Å². The topological polar surface area (TPSA) is 72.9 Å². The minimum absolute atomic E-state index is 0.155. The first-order valence-electron chi connectivity index (χ1n) is 4.64. The fourth-order valence-electron chi connectivity index (χ4n) is 1.08. The second-order valence-electron chi connectivity index (χ2n) is 3.38. The van der Waals surface area contributed by atoms with E-state index in [4.69, 9.17) is 5.73 Å². The van der Waals surface area contributed by atoms with Crippen molar-refractivity contribution in [2.75, 3.05) is 5.73 Å². The highest BCUT2D eigenvalue weighted by Crippen LogP contribution is 2.07. The van der Waals surface area contributed by atoms with Gasteiger partial charge in [-0.3, -0.25) is 9.48 Å². The number of nitrogens with one attached hydrogen (secondary N) is 1. The molecule has 1 atom stereocenters. The molecule has 0 fully saturated rings. The van der Waals surface area contributed by atoms with Gasteiger partial charge in [-0.25, -0.2) is 0 Å². The molecular formula is C9H16N4O. The third-order valence-electron chi connectivity index (χ3n) is 2.09. The molecule has 0 radical (unpaired) electrons. The van der Waals surface area contributed by atoms with Crippen molar-refractivity contribution in [3.05, 3.63) is 11.8 Å². The highest BCUT2D eigenvalue weighted by atomic mass is 16.1. The highest BCUT2D eigenvalue weighted by Gasteiger charge is 2.14. The molecule has 0 aromatic carbocycles. The zero-order chi connectivity index (χ0) is 10.7. The Balaban J connectivity index is 2.74. The second-order valence-corrected chi connectivity index (χ2v) is 3.38. The number of hydrogen-bond acceptors (Lipinski definition) is 3. The van der Waals surface area contributed by atoms with Gasteiger partial charge < -0.3 is 11.1 Å². The lowest BCUT2D eigenvalue weighted by Crippen LogP contribution is -2.32. The van der Waals surface area contributed by atoms with Gasteiger partial charge in [0, 0.05) is 19.3 Å². The summed E-state index contributed by atoms with van der Waals surface area (Å²) in [6.07, 6.45) is 2.51. The van der Waals surface area contributed by atoms with Crippen LogP contribution in [0, 0.1) is 0 Å². The van der Waals surface area contributed by atoms with Crippen LogP contribution in [-0.2, 0) is 7.05 Å². The van der Waals surface area contributed by atoms with Gasteiger partial charge in [0.15, 0.2) is 5.82 Å². The molecule has 5 nitrogen and oxygen atoms in total. The Morgan fingerprint density at radius 3 is 2.86 bits per heavy atom.